The fourth-order valence-electron chi connectivity index (χ4n) is 17.1. The standard InChI is InChI=1S/C91H130N26O19S2/c1-7-9-24-68-82(129)105-59(22-15-33-99-90(94)95)78(125)112-67(77(124)102-44-74(93)121)47-137-48-75(122)104-63(37-51-29-31-55(119)32-30-51)85(132)113(4)50(3)76(123)109-65(41-73(92)120)88(135)117-36-18-27-70(117)84(131)108-62(40-54-43-98-49-103-54)80(127)106-60(23-16-34-100-91(96)97)87(134)116-35-17-26-69(116)83(130)107-61(38-52-42-101-58-21-13-11-19-56(52)58)79(126)111-66(45-118)81(128)110-64(39-53-46-138-72-28-14-12-20-57(53)72)86(133)115(6)71(25-10-8-2)89(136)114(68)5/h11-14,19-21,28-32,42-43,46,49-50,57,59-72,101,118-119H,7-10,15-18,22-27,33-41,44-45,47-48H2,1-6H3,(H2,92,120)(H2,93,121)(H,98,103)(H,102,124)(H,104,122)(H,105,129)(H,106,127)(H,107,130)(H,108,131)(H,109,123)(H,110,128)(H,111,126)(H,112,125)(H4,94,95,99)(H4,96,97,100)/t50-,57?,59-,60-,61-,62-,63-,64-,65-,66-,67-,68-,69-,70-,71-,72?/m0/s1. The van der Waals surface area contributed by atoms with Gasteiger partial charge in [0, 0.05) is 107 Å². The summed E-state index contributed by atoms with van der Waals surface area (Å²) in [4.78, 5) is 267. The molecular formula is C91H130N26O19S2. The molecule has 0 radical (unpaired) electrons. The number of hydrogen-bond acceptors (Lipinski definition) is 24. The SMILES string of the molecule is CCCC[C@H]1C(=O)N(C)[C@@H](CCCC)C(=O)N[C@@H](CCCNC(=N)N)C(=O)N[C@H](C(=O)NCC(N)=O)CSCC(=O)N[C@@H](Cc2ccc(O)cc2)C(=O)N(C)[C@@H](C)C(=O)N[C@@H](CC(N)=O)C(=O)N2CCC[C@H]2C(=O)N[C@@H](Cc2c[nH]cn2)C(=O)N[C@@H](CCCNC(=N)N)C(=O)N2CCC[C@H]2C(=O)N[C@@H](Cc2c[nH]c3ccccc23)C(=O)N[C@@H](CO)C(=O)N[C@@H](CC2=CSC3C=CC=CC23)C(=O)N1C. The minimum absolute atomic E-state index is 0.00733. The molecule has 2 aromatic heterocycles. The molecule has 4 aromatic rings. The Hall–Kier alpha value is -13.6. The lowest BCUT2D eigenvalue weighted by atomic mass is 9.88. The second-order valence-corrected chi connectivity index (χ2v) is 36.9. The average molecular weight is 1960 g/mol. The van der Waals surface area contributed by atoms with E-state index in [0.29, 0.717) is 53.3 Å². The number of nitrogens with one attached hydrogen (secondary N) is 16. The first-order valence-electron chi connectivity index (χ1n) is 46.2. The first kappa shape index (κ1) is 108. The van der Waals surface area contributed by atoms with Crippen molar-refractivity contribution in [2.24, 2.45) is 28.9 Å². The van der Waals surface area contributed by atoms with Crippen LogP contribution in [0, 0.1) is 16.7 Å². The van der Waals surface area contributed by atoms with Gasteiger partial charge < -0.3 is 131 Å². The van der Waals surface area contributed by atoms with Gasteiger partial charge in [0.1, 0.15) is 90.3 Å². The third-order valence-electron chi connectivity index (χ3n) is 24.8. The Morgan fingerprint density at radius 1 is 0.536 bits per heavy atom. The summed E-state index contributed by atoms with van der Waals surface area (Å²) in [5.41, 5.74) is 25.0. The van der Waals surface area contributed by atoms with E-state index in [1.807, 2.05) is 43.6 Å². The van der Waals surface area contributed by atoms with Crippen LogP contribution in [0.15, 0.2) is 103 Å². The summed E-state index contributed by atoms with van der Waals surface area (Å²) < 4.78 is 0. The molecule has 138 heavy (non-hydrogen) atoms. The van der Waals surface area contributed by atoms with Gasteiger partial charge in [-0.2, -0.15) is 0 Å². The summed E-state index contributed by atoms with van der Waals surface area (Å²) in [6.45, 7) is 2.97. The van der Waals surface area contributed by atoms with Gasteiger partial charge in [0.25, 0.3) is 0 Å². The average Bonchev–Trinajstić information content (AvgIpc) is 1.64. The molecule has 3 fully saturated rings. The Labute approximate surface area is 806 Å². The van der Waals surface area contributed by atoms with Crippen LogP contribution in [0.25, 0.3) is 10.9 Å². The van der Waals surface area contributed by atoms with Crippen LogP contribution >= 0.6 is 23.5 Å². The lowest BCUT2D eigenvalue weighted by molar-refractivity contribution is -0.149. The minimum atomic E-state index is -1.85. The molecule has 1 aliphatic carbocycles. The van der Waals surface area contributed by atoms with Crippen LogP contribution in [0.5, 0.6) is 5.75 Å². The lowest BCUT2D eigenvalue weighted by Gasteiger charge is -2.36. The zero-order valence-corrected chi connectivity index (χ0v) is 79.8. The zero-order valence-electron chi connectivity index (χ0n) is 78.2. The van der Waals surface area contributed by atoms with Crippen molar-refractivity contribution in [2.45, 2.75) is 233 Å². The smallest absolute Gasteiger partial charge is 0.246 e. The van der Waals surface area contributed by atoms with Crippen molar-refractivity contribution in [3.05, 3.63) is 119 Å². The first-order valence-corrected chi connectivity index (χ1v) is 48.3. The van der Waals surface area contributed by atoms with E-state index < -0.39 is 228 Å². The number of carbonyl (C=O) groups excluding carboxylic acids is 17. The number of imidazole rings is 1. The fraction of sp³-hybridized carbons (Fsp3) is 0.538. The Morgan fingerprint density at radius 2 is 1.08 bits per heavy atom. The number of unbranched alkanes of at least 4 members (excludes halogenated alkanes) is 2. The highest BCUT2D eigenvalue weighted by Crippen LogP contribution is 2.42. The topological polar surface area (TPSA) is 687 Å². The molecule has 4 aliphatic heterocycles. The number of amides is 17. The van der Waals surface area contributed by atoms with Crippen molar-refractivity contribution in [3.63, 3.8) is 0 Å². The van der Waals surface area contributed by atoms with Gasteiger partial charge in [0.2, 0.25) is 100 Å². The highest BCUT2D eigenvalue weighted by Gasteiger charge is 2.46. The van der Waals surface area contributed by atoms with Gasteiger partial charge in [-0.25, -0.2) is 4.98 Å². The molecule has 16 atom stereocenters. The van der Waals surface area contributed by atoms with E-state index in [1.54, 1.807) is 30.5 Å². The van der Waals surface area contributed by atoms with E-state index in [1.165, 1.54) is 86.4 Å². The van der Waals surface area contributed by atoms with Crippen LogP contribution < -0.4 is 86.7 Å². The van der Waals surface area contributed by atoms with Gasteiger partial charge in [-0.1, -0.05) is 99.7 Å². The van der Waals surface area contributed by atoms with Gasteiger partial charge in [-0.3, -0.25) is 92.3 Å². The first-order chi connectivity index (χ1) is 65.9. The lowest BCUT2D eigenvalue weighted by Crippen LogP contribution is -2.61. The van der Waals surface area contributed by atoms with Crippen LogP contribution in [0.4, 0.5) is 0 Å². The number of aromatic nitrogens is 3. The predicted octanol–water partition coefficient (Wildman–Crippen LogP) is -3.27. The number of thioether (sulfide) groups is 2. The highest BCUT2D eigenvalue weighted by molar-refractivity contribution is 8.03. The molecule has 17 amide bonds. The number of carbonyl (C=O) groups is 17. The summed E-state index contributed by atoms with van der Waals surface area (Å²) in [6, 6.07) is -8.90. The second kappa shape index (κ2) is 52.6. The van der Waals surface area contributed by atoms with Crippen molar-refractivity contribution in [2.75, 3.05) is 72.0 Å². The zero-order chi connectivity index (χ0) is 101. The Bertz CT molecular complexity index is 5130. The summed E-state index contributed by atoms with van der Waals surface area (Å²) >= 11 is 2.23. The van der Waals surface area contributed by atoms with Gasteiger partial charge in [0.15, 0.2) is 11.9 Å². The normalized spacial score (nSPS) is 25.7. The van der Waals surface area contributed by atoms with Crippen LogP contribution in [0.3, 0.4) is 0 Å². The van der Waals surface area contributed by atoms with E-state index in [0.717, 1.165) is 26.5 Å². The third-order valence-corrected chi connectivity index (χ3v) is 27.0. The van der Waals surface area contributed by atoms with E-state index in [2.05, 4.69) is 78.8 Å². The van der Waals surface area contributed by atoms with Crippen molar-refractivity contribution in [3.8, 4) is 5.75 Å². The number of aromatic amines is 2. The molecule has 3 saturated heterocycles. The summed E-state index contributed by atoms with van der Waals surface area (Å²) in [5.74, 6) is -18.0. The third kappa shape index (κ3) is 30.7. The maximum absolute atomic E-state index is 15.8. The molecule has 47 heteroatoms. The number of rotatable bonds is 28. The molecule has 750 valence electrons. The number of benzene rings is 2. The number of guanidine groups is 2. The van der Waals surface area contributed by atoms with Crippen molar-refractivity contribution in [1.82, 2.24) is 103 Å². The Morgan fingerprint density at radius 3 is 1.69 bits per heavy atom. The highest BCUT2D eigenvalue weighted by atomic mass is 32.2. The molecule has 0 spiro atoms. The van der Waals surface area contributed by atoms with Gasteiger partial charge in [-0.15, -0.1) is 23.5 Å². The van der Waals surface area contributed by atoms with E-state index in [4.69, 9.17) is 33.8 Å². The fourth-order valence-corrected chi connectivity index (χ4v) is 19.1. The molecular weight excluding hydrogens is 1830 g/mol. The molecule has 0 bridgehead atoms. The molecule has 0 saturated carbocycles. The number of phenolic OH excluding ortho intramolecular Hbond substituents is 1. The van der Waals surface area contributed by atoms with Crippen LogP contribution in [-0.4, -0.2) is 324 Å². The molecule has 5 aliphatic rings. The molecule has 2 unspecified atom stereocenters. The van der Waals surface area contributed by atoms with E-state index in [9.17, 15) is 53.4 Å². The number of hydrogen-bond donors (Lipinski definition) is 22. The summed E-state index contributed by atoms with van der Waals surface area (Å²) in [7, 11) is 3.94. The molecule has 45 nitrogen and oxygen atoms in total. The predicted molar refractivity (Wildman–Crippen MR) is 512 cm³/mol. The minimum Gasteiger partial charge on any atom is -0.508 e. The van der Waals surface area contributed by atoms with E-state index >= 15 is 38.4 Å². The summed E-state index contributed by atoms with van der Waals surface area (Å²) in [6.07, 6.45) is 11.9. The van der Waals surface area contributed by atoms with Crippen LogP contribution in [-0.2, 0) is 101 Å². The van der Waals surface area contributed by atoms with Crippen molar-refractivity contribution < 1.29 is 91.7 Å². The quantitative estimate of drug-likeness (QED) is 0.0151. The molecule has 6 heterocycles. The van der Waals surface area contributed by atoms with Crippen molar-refractivity contribution in [1.29, 1.82) is 10.8 Å². The van der Waals surface area contributed by atoms with Crippen LogP contribution in [0.2, 0.25) is 0 Å². The Kier molecular flexibility index (Phi) is 41.2. The maximum Gasteiger partial charge on any atom is 0.246 e. The number of para-hydroxylation sites is 1. The number of likely N-dealkylation sites (N-methyl/N-ethyl adjacent to an activating group) is 3. The monoisotopic (exact) mass is 1950 g/mol. The number of aliphatic hydroxyl groups excluding tert-OH is 1. The number of nitrogens with zero attached hydrogens (tertiary/aromatic N) is 6. The number of allylic oxidation sites excluding steroid dienone is 3. The number of aromatic hydroxyl groups is 1. The number of nitrogens with two attached hydrogens (primary N) is 4. The van der Waals surface area contributed by atoms with Crippen LogP contribution in [0.1, 0.15) is 140 Å². The van der Waals surface area contributed by atoms with Gasteiger partial charge >= 0.3 is 0 Å². The molecule has 2 aromatic carbocycles. The largest absolute Gasteiger partial charge is 0.508 e. The Balaban J connectivity index is 1.10. The van der Waals surface area contributed by atoms with Crippen molar-refractivity contribution >= 4 is 147 Å². The number of aliphatic hydroxyl groups is 1. The second-order valence-electron chi connectivity index (χ2n) is 34.8. The number of phenols is 1. The summed E-state index contributed by atoms with van der Waals surface area (Å²) in [5, 5.41) is 71.6. The van der Waals surface area contributed by atoms with Gasteiger partial charge in [0.05, 0.1) is 37.3 Å². The van der Waals surface area contributed by atoms with Gasteiger partial charge in [-0.05, 0) is 112 Å². The number of H-pyrrole nitrogens is 2. The number of fused-ring (bicyclic) bond motifs is 4. The molecule has 26 N–H and O–H groups in total. The van der Waals surface area contributed by atoms with E-state index in [-0.39, 0.29) is 139 Å². The molecule has 9 rings (SSSR count). The maximum atomic E-state index is 15.8. The number of primary amides is 2.